The van der Waals surface area contributed by atoms with Crippen molar-refractivity contribution in [2.45, 2.75) is 30.6 Å². The number of benzene rings is 1. The Bertz CT molecular complexity index is 539. The minimum absolute atomic E-state index is 0.0267. The molecule has 0 spiro atoms. The highest BCUT2D eigenvalue weighted by atomic mass is 32.2. The van der Waals surface area contributed by atoms with Crippen molar-refractivity contribution in [1.82, 2.24) is 4.90 Å². The minimum Gasteiger partial charge on any atom is -0.339 e. The number of carbonyl (C=O) groups is 2. The SMILES string of the molecule is O=C1CCSc2ccc(C(=O)N3CCCCC3)cc2N1. The normalized spacial score (nSPS) is 19.0. The second-order valence-corrected chi connectivity index (χ2v) is 6.35. The van der Waals surface area contributed by atoms with E-state index in [-0.39, 0.29) is 11.8 Å². The van der Waals surface area contributed by atoms with E-state index in [2.05, 4.69) is 5.32 Å². The molecule has 2 heterocycles. The first-order chi connectivity index (χ1) is 9.74. The fourth-order valence-electron chi connectivity index (χ4n) is 2.63. The molecule has 0 aromatic heterocycles. The van der Waals surface area contributed by atoms with Gasteiger partial charge in [-0.15, -0.1) is 11.8 Å². The van der Waals surface area contributed by atoms with Crippen molar-refractivity contribution in [3.8, 4) is 0 Å². The van der Waals surface area contributed by atoms with Crippen LogP contribution in [0.1, 0.15) is 36.0 Å². The van der Waals surface area contributed by atoms with Gasteiger partial charge in [0.05, 0.1) is 5.69 Å². The van der Waals surface area contributed by atoms with Gasteiger partial charge in [0.15, 0.2) is 0 Å². The van der Waals surface area contributed by atoms with Gasteiger partial charge in [0, 0.05) is 35.7 Å². The Morgan fingerprint density at radius 3 is 2.80 bits per heavy atom. The molecular formula is C15H18N2O2S. The molecule has 2 aliphatic rings. The Kier molecular flexibility index (Phi) is 3.96. The minimum atomic E-state index is 0.0267. The Morgan fingerprint density at radius 2 is 2.00 bits per heavy atom. The quantitative estimate of drug-likeness (QED) is 0.865. The van der Waals surface area contributed by atoms with E-state index in [0.717, 1.165) is 42.3 Å². The third-order valence-electron chi connectivity index (χ3n) is 3.73. The molecule has 3 rings (SSSR count). The highest BCUT2D eigenvalue weighted by molar-refractivity contribution is 7.99. The van der Waals surface area contributed by atoms with Gasteiger partial charge >= 0.3 is 0 Å². The molecule has 5 heteroatoms. The first-order valence-corrected chi connectivity index (χ1v) is 8.08. The van der Waals surface area contributed by atoms with Crippen LogP contribution in [0.3, 0.4) is 0 Å². The number of nitrogens with one attached hydrogen (secondary N) is 1. The summed E-state index contributed by atoms with van der Waals surface area (Å²) in [6.45, 7) is 1.69. The summed E-state index contributed by atoms with van der Waals surface area (Å²) in [7, 11) is 0. The Labute approximate surface area is 122 Å². The Balaban J connectivity index is 1.83. The largest absolute Gasteiger partial charge is 0.339 e. The number of likely N-dealkylation sites (tertiary alicyclic amines) is 1. The molecule has 0 aliphatic carbocycles. The molecule has 106 valence electrons. The van der Waals surface area contributed by atoms with Crippen LogP contribution in [0.5, 0.6) is 0 Å². The molecule has 2 amide bonds. The predicted octanol–water partition coefficient (Wildman–Crippen LogP) is 2.75. The maximum Gasteiger partial charge on any atom is 0.253 e. The fraction of sp³-hybridized carbons (Fsp3) is 0.467. The highest BCUT2D eigenvalue weighted by Crippen LogP contribution is 2.31. The zero-order valence-electron chi connectivity index (χ0n) is 11.4. The van der Waals surface area contributed by atoms with E-state index in [0.29, 0.717) is 12.0 Å². The monoisotopic (exact) mass is 290 g/mol. The van der Waals surface area contributed by atoms with E-state index in [1.165, 1.54) is 6.42 Å². The van der Waals surface area contributed by atoms with E-state index >= 15 is 0 Å². The van der Waals surface area contributed by atoms with Crippen LogP contribution < -0.4 is 5.32 Å². The lowest BCUT2D eigenvalue weighted by Crippen LogP contribution is -2.35. The maximum absolute atomic E-state index is 12.5. The molecule has 20 heavy (non-hydrogen) atoms. The molecule has 4 nitrogen and oxygen atoms in total. The highest BCUT2D eigenvalue weighted by Gasteiger charge is 2.20. The fourth-order valence-corrected chi connectivity index (χ4v) is 3.57. The molecule has 0 saturated carbocycles. The first-order valence-electron chi connectivity index (χ1n) is 7.10. The lowest BCUT2D eigenvalue weighted by molar-refractivity contribution is -0.115. The van der Waals surface area contributed by atoms with E-state index in [4.69, 9.17) is 0 Å². The van der Waals surface area contributed by atoms with Crippen molar-refractivity contribution < 1.29 is 9.59 Å². The molecule has 1 aromatic carbocycles. The van der Waals surface area contributed by atoms with Gasteiger partial charge in [-0.2, -0.15) is 0 Å². The van der Waals surface area contributed by atoms with Crippen LogP contribution >= 0.6 is 11.8 Å². The van der Waals surface area contributed by atoms with Crippen molar-refractivity contribution >= 4 is 29.3 Å². The predicted molar refractivity (Wildman–Crippen MR) is 80.2 cm³/mol. The second kappa shape index (κ2) is 5.87. The van der Waals surface area contributed by atoms with Crippen LogP contribution in [-0.2, 0) is 4.79 Å². The van der Waals surface area contributed by atoms with Gasteiger partial charge in [-0.3, -0.25) is 9.59 Å². The zero-order chi connectivity index (χ0) is 13.9. The van der Waals surface area contributed by atoms with Gasteiger partial charge in [0.25, 0.3) is 5.91 Å². The van der Waals surface area contributed by atoms with Crippen LogP contribution in [0.2, 0.25) is 0 Å². The van der Waals surface area contributed by atoms with Gasteiger partial charge in [-0.25, -0.2) is 0 Å². The van der Waals surface area contributed by atoms with Crippen molar-refractivity contribution in [1.29, 1.82) is 0 Å². The van der Waals surface area contributed by atoms with Crippen molar-refractivity contribution in [2.75, 3.05) is 24.2 Å². The van der Waals surface area contributed by atoms with Crippen LogP contribution in [0, 0.1) is 0 Å². The van der Waals surface area contributed by atoms with Crippen LogP contribution in [-0.4, -0.2) is 35.6 Å². The van der Waals surface area contributed by atoms with Crippen molar-refractivity contribution in [3.05, 3.63) is 23.8 Å². The first kappa shape index (κ1) is 13.5. The smallest absolute Gasteiger partial charge is 0.253 e. The van der Waals surface area contributed by atoms with Crippen molar-refractivity contribution in [2.24, 2.45) is 0 Å². The Morgan fingerprint density at radius 1 is 1.20 bits per heavy atom. The standard InChI is InChI=1S/C15H18N2O2S/c18-14-6-9-20-13-5-4-11(10-12(13)16-14)15(19)17-7-2-1-3-8-17/h4-5,10H,1-3,6-9H2,(H,16,18). The van der Waals surface area contributed by atoms with Crippen LogP contribution in [0.25, 0.3) is 0 Å². The summed E-state index contributed by atoms with van der Waals surface area (Å²) in [5, 5.41) is 2.89. The van der Waals surface area contributed by atoms with E-state index < -0.39 is 0 Å². The lowest BCUT2D eigenvalue weighted by atomic mass is 10.1. The van der Waals surface area contributed by atoms with Crippen LogP contribution in [0.15, 0.2) is 23.1 Å². The molecule has 0 radical (unpaired) electrons. The molecule has 1 fully saturated rings. The van der Waals surface area contributed by atoms with E-state index in [1.54, 1.807) is 11.8 Å². The third-order valence-corrected chi connectivity index (χ3v) is 4.81. The Hall–Kier alpha value is -1.49. The van der Waals surface area contributed by atoms with E-state index in [9.17, 15) is 9.59 Å². The van der Waals surface area contributed by atoms with Gasteiger partial charge < -0.3 is 10.2 Å². The number of nitrogens with zero attached hydrogens (tertiary/aromatic N) is 1. The number of amides is 2. The van der Waals surface area contributed by atoms with Gasteiger partial charge in [-0.05, 0) is 37.5 Å². The summed E-state index contributed by atoms with van der Waals surface area (Å²) >= 11 is 1.66. The molecule has 1 aromatic rings. The number of hydrogen-bond acceptors (Lipinski definition) is 3. The average Bonchev–Trinajstić information content (AvgIpc) is 2.67. The number of piperidine rings is 1. The summed E-state index contributed by atoms with van der Waals surface area (Å²) in [5.74, 6) is 0.896. The molecule has 0 bridgehead atoms. The number of hydrogen-bond donors (Lipinski definition) is 1. The summed E-state index contributed by atoms with van der Waals surface area (Å²) in [4.78, 5) is 27.0. The van der Waals surface area contributed by atoms with Crippen LogP contribution in [0.4, 0.5) is 5.69 Å². The molecule has 1 saturated heterocycles. The number of carbonyl (C=O) groups excluding carboxylic acids is 2. The topological polar surface area (TPSA) is 49.4 Å². The maximum atomic E-state index is 12.5. The van der Waals surface area contributed by atoms with Gasteiger partial charge in [0.1, 0.15) is 0 Å². The summed E-state index contributed by atoms with van der Waals surface area (Å²) < 4.78 is 0. The number of thioether (sulfide) groups is 1. The zero-order valence-corrected chi connectivity index (χ0v) is 12.2. The summed E-state index contributed by atoms with van der Waals surface area (Å²) in [5.41, 5.74) is 1.45. The number of rotatable bonds is 1. The molecular weight excluding hydrogens is 272 g/mol. The second-order valence-electron chi connectivity index (χ2n) is 5.21. The molecule has 1 N–H and O–H groups in total. The molecule has 0 unspecified atom stereocenters. The number of fused-ring (bicyclic) bond motifs is 1. The van der Waals surface area contributed by atoms with Gasteiger partial charge in [-0.1, -0.05) is 0 Å². The average molecular weight is 290 g/mol. The number of anilines is 1. The molecule has 2 aliphatic heterocycles. The molecule has 0 atom stereocenters. The third kappa shape index (κ3) is 2.82. The van der Waals surface area contributed by atoms with Gasteiger partial charge in [0.2, 0.25) is 5.91 Å². The summed E-state index contributed by atoms with van der Waals surface area (Å²) in [6.07, 6.45) is 3.90. The van der Waals surface area contributed by atoms with E-state index in [1.807, 2.05) is 23.1 Å². The summed E-state index contributed by atoms with van der Waals surface area (Å²) in [6, 6.07) is 5.64. The lowest BCUT2D eigenvalue weighted by Gasteiger charge is -2.27. The van der Waals surface area contributed by atoms with Crippen molar-refractivity contribution in [3.63, 3.8) is 0 Å².